The first-order chi connectivity index (χ1) is 6.86. The molecule has 0 saturated carbocycles. The average molecular weight is 250 g/mol. The summed E-state index contributed by atoms with van der Waals surface area (Å²) in [5.41, 5.74) is -0.760. The van der Waals surface area contributed by atoms with Gasteiger partial charge in [0.15, 0.2) is 0 Å². The van der Waals surface area contributed by atoms with Crippen LogP contribution in [-0.4, -0.2) is 24.5 Å². The minimum Gasteiger partial charge on any atom is -0.258 e. The highest BCUT2D eigenvalue weighted by Crippen LogP contribution is 2.23. The molecule has 0 bridgehead atoms. The van der Waals surface area contributed by atoms with Crippen LogP contribution in [0.5, 0.6) is 0 Å². The number of hydrogen-bond acceptors (Lipinski definition) is 5. The van der Waals surface area contributed by atoms with Crippen molar-refractivity contribution in [3.8, 4) is 0 Å². The molecule has 1 aliphatic rings. The van der Waals surface area contributed by atoms with E-state index in [0.29, 0.717) is 0 Å². The van der Waals surface area contributed by atoms with Crippen molar-refractivity contribution in [1.29, 1.82) is 0 Å². The molecule has 0 aliphatic heterocycles. The van der Waals surface area contributed by atoms with Gasteiger partial charge in [-0.05, 0) is 0 Å². The summed E-state index contributed by atoms with van der Waals surface area (Å²) < 4.78 is 21.9. The molecule has 1 aliphatic carbocycles. The molecule has 6 nitrogen and oxygen atoms in total. The van der Waals surface area contributed by atoms with E-state index in [1.54, 1.807) is 0 Å². The summed E-state index contributed by atoms with van der Waals surface area (Å²) in [5, 5.41) is 8.96. The van der Waals surface area contributed by atoms with Crippen LogP contribution in [0.15, 0.2) is 29.5 Å². The lowest BCUT2D eigenvalue weighted by atomic mass is 10.1. The third-order valence-corrected chi connectivity index (χ3v) is 3.28. The van der Waals surface area contributed by atoms with E-state index in [1.807, 2.05) is 0 Å². The number of hydrogen-bond donors (Lipinski definition) is 0. The Balaban J connectivity index is 3.23. The number of nitro groups is 1. The fourth-order valence-electron chi connectivity index (χ4n) is 1.03. The van der Waals surface area contributed by atoms with Gasteiger partial charge in [-0.2, -0.15) is 0 Å². The highest BCUT2D eigenvalue weighted by atomic mass is 35.7. The van der Waals surface area contributed by atoms with Gasteiger partial charge in [0, 0.05) is 22.8 Å². The minimum absolute atomic E-state index is 0.376. The number of allylic oxidation sites excluding steroid dienone is 2. The van der Waals surface area contributed by atoms with E-state index in [1.165, 1.54) is 5.94 Å². The first kappa shape index (κ1) is 11.6. The molecule has 1 unspecified atom stereocenters. The largest absolute Gasteiger partial charge is 0.270 e. The quantitative estimate of drug-likeness (QED) is 0.306. The number of nitrogens with zero attached hydrogens (tertiary/aromatic N) is 1. The Morgan fingerprint density at radius 2 is 2.13 bits per heavy atom. The predicted molar refractivity (Wildman–Crippen MR) is 52.0 cm³/mol. The maximum absolute atomic E-state index is 10.9. The van der Waals surface area contributed by atoms with Crippen LogP contribution in [0.25, 0.3) is 0 Å². The monoisotopic (exact) mass is 249 g/mol. The molecule has 0 amide bonds. The van der Waals surface area contributed by atoms with Crippen LogP contribution in [-0.2, 0) is 13.8 Å². The van der Waals surface area contributed by atoms with Crippen LogP contribution >= 0.6 is 10.7 Å². The van der Waals surface area contributed by atoms with Crippen molar-refractivity contribution in [3.63, 3.8) is 0 Å². The van der Waals surface area contributed by atoms with Gasteiger partial charge in [0.2, 0.25) is 9.05 Å². The fourth-order valence-corrected chi connectivity index (χ4v) is 2.18. The van der Waals surface area contributed by atoms with E-state index < -0.39 is 19.2 Å². The molecule has 0 spiro atoms. The molecule has 80 valence electrons. The van der Waals surface area contributed by atoms with Crippen LogP contribution < -0.4 is 0 Å². The SMILES string of the molecule is O=C=C1C=C([N+](=O)[O-])C=CC1S(=O)(=O)Cl. The molecular weight excluding hydrogens is 246 g/mol. The predicted octanol–water partition coefficient (Wildman–Crippen LogP) is 0.412. The summed E-state index contributed by atoms with van der Waals surface area (Å²) in [6, 6.07) is 0. The summed E-state index contributed by atoms with van der Waals surface area (Å²) >= 11 is 0. The van der Waals surface area contributed by atoms with Gasteiger partial charge in [-0.25, -0.2) is 13.2 Å². The summed E-state index contributed by atoms with van der Waals surface area (Å²) in [6.07, 6.45) is 2.78. The van der Waals surface area contributed by atoms with Crippen LogP contribution in [0.1, 0.15) is 0 Å². The maximum Gasteiger partial charge on any atom is 0.270 e. The van der Waals surface area contributed by atoms with Crippen LogP contribution in [0.3, 0.4) is 0 Å². The minimum atomic E-state index is -4.02. The van der Waals surface area contributed by atoms with Crippen molar-refractivity contribution in [2.24, 2.45) is 0 Å². The van der Waals surface area contributed by atoms with E-state index in [4.69, 9.17) is 10.7 Å². The molecule has 0 radical (unpaired) electrons. The summed E-state index contributed by atoms with van der Waals surface area (Å²) in [6.45, 7) is 0. The fraction of sp³-hybridized carbons (Fsp3) is 0.143. The van der Waals surface area contributed by atoms with Crippen molar-refractivity contribution >= 4 is 25.7 Å². The lowest BCUT2D eigenvalue weighted by Gasteiger charge is -2.09. The lowest BCUT2D eigenvalue weighted by molar-refractivity contribution is -0.419. The van der Waals surface area contributed by atoms with Gasteiger partial charge in [-0.1, -0.05) is 6.08 Å². The van der Waals surface area contributed by atoms with Crippen molar-refractivity contribution in [2.45, 2.75) is 5.25 Å². The first-order valence-corrected chi connectivity index (χ1v) is 5.96. The Morgan fingerprint density at radius 1 is 1.53 bits per heavy atom. The summed E-state index contributed by atoms with van der Waals surface area (Å²) in [5.74, 6) is 1.32. The molecule has 0 heterocycles. The zero-order valence-corrected chi connectivity index (χ0v) is 8.66. The molecule has 15 heavy (non-hydrogen) atoms. The van der Waals surface area contributed by atoms with E-state index in [0.717, 1.165) is 18.2 Å². The Morgan fingerprint density at radius 3 is 2.53 bits per heavy atom. The van der Waals surface area contributed by atoms with Gasteiger partial charge in [-0.15, -0.1) is 0 Å². The topological polar surface area (TPSA) is 94.3 Å². The molecule has 0 N–H and O–H groups in total. The molecule has 0 aromatic rings. The van der Waals surface area contributed by atoms with E-state index >= 15 is 0 Å². The standard InChI is InChI=1S/C7H4ClNO5S/c8-15(13,14)7-2-1-6(9(11)12)3-5(7)4-10/h1-3,7H. The Kier molecular flexibility index (Phi) is 3.09. The molecule has 0 aromatic heterocycles. The van der Waals surface area contributed by atoms with E-state index in [-0.39, 0.29) is 11.3 Å². The molecule has 0 fully saturated rings. The van der Waals surface area contributed by atoms with Gasteiger partial charge in [0.25, 0.3) is 5.70 Å². The maximum atomic E-state index is 10.9. The second-order valence-electron chi connectivity index (χ2n) is 2.64. The molecular formula is C7H4ClNO5S. The summed E-state index contributed by atoms with van der Waals surface area (Å²) in [7, 11) is 1.02. The van der Waals surface area contributed by atoms with Gasteiger partial charge >= 0.3 is 0 Å². The number of halogens is 1. The van der Waals surface area contributed by atoms with Crippen LogP contribution in [0.4, 0.5) is 0 Å². The van der Waals surface area contributed by atoms with Crippen molar-refractivity contribution < 1.29 is 18.1 Å². The first-order valence-electron chi connectivity index (χ1n) is 3.59. The zero-order valence-electron chi connectivity index (χ0n) is 7.08. The number of carbonyl (C=O) groups excluding carboxylic acids is 1. The Bertz CT molecular complexity index is 511. The molecule has 1 atom stereocenters. The van der Waals surface area contributed by atoms with Crippen molar-refractivity contribution in [2.75, 3.05) is 0 Å². The Hall–Kier alpha value is -1.43. The van der Waals surface area contributed by atoms with Crippen LogP contribution in [0.2, 0.25) is 0 Å². The second-order valence-corrected chi connectivity index (χ2v) is 5.39. The third kappa shape index (κ3) is 2.53. The summed E-state index contributed by atoms with van der Waals surface area (Å²) in [4.78, 5) is 20.0. The van der Waals surface area contributed by atoms with Gasteiger partial charge in [0.1, 0.15) is 11.2 Å². The second kappa shape index (κ2) is 3.98. The Labute approximate surface area is 89.1 Å². The molecule has 1 rings (SSSR count). The molecule has 0 aromatic carbocycles. The van der Waals surface area contributed by atoms with Gasteiger partial charge in [0.05, 0.1) is 10.5 Å². The number of rotatable bonds is 2. The van der Waals surface area contributed by atoms with E-state index in [9.17, 15) is 23.3 Å². The average Bonchev–Trinajstić information content (AvgIpc) is 2.15. The lowest BCUT2D eigenvalue weighted by Crippen LogP contribution is -2.19. The zero-order chi connectivity index (χ0) is 11.6. The van der Waals surface area contributed by atoms with Crippen LogP contribution in [0, 0.1) is 10.1 Å². The van der Waals surface area contributed by atoms with Gasteiger partial charge < -0.3 is 0 Å². The molecule has 0 saturated heterocycles. The smallest absolute Gasteiger partial charge is 0.258 e. The van der Waals surface area contributed by atoms with E-state index in [2.05, 4.69) is 0 Å². The van der Waals surface area contributed by atoms with Crippen molar-refractivity contribution in [3.05, 3.63) is 39.6 Å². The third-order valence-electron chi connectivity index (χ3n) is 1.68. The highest BCUT2D eigenvalue weighted by molar-refractivity contribution is 8.14. The van der Waals surface area contributed by atoms with Gasteiger partial charge in [-0.3, -0.25) is 10.1 Å². The van der Waals surface area contributed by atoms with Crippen molar-refractivity contribution in [1.82, 2.24) is 0 Å². The normalized spacial score (nSPS) is 20.7. The molecule has 8 heteroatoms. The highest BCUT2D eigenvalue weighted by Gasteiger charge is 2.29.